The molecule has 4 nitrogen and oxygen atoms in total. The van der Waals surface area contributed by atoms with E-state index in [1.807, 2.05) is 6.20 Å². The molecule has 0 aliphatic heterocycles. The minimum absolute atomic E-state index is 0.737. The SMILES string of the molecule is COCCCSc1ccc(CNCCOC)cn1. The zero-order chi connectivity index (χ0) is 13.1. The molecule has 0 atom stereocenters. The Balaban J connectivity index is 2.20. The highest BCUT2D eigenvalue weighted by atomic mass is 32.2. The maximum atomic E-state index is 5.01. The Hall–Kier alpha value is -0.620. The molecule has 18 heavy (non-hydrogen) atoms. The Labute approximate surface area is 113 Å². The van der Waals surface area contributed by atoms with Crippen LogP contribution in [0.25, 0.3) is 0 Å². The number of rotatable bonds is 10. The molecule has 0 fully saturated rings. The van der Waals surface area contributed by atoms with Crippen LogP contribution < -0.4 is 5.32 Å². The third-order valence-corrected chi connectivity index (χ3v) is 3.38. The lowest BCUT2D eigenvalue weighted by molar-refractivity contribution is 0.199. The fourth-order valence-corrected chi connectivity index (χ4v) is 2.15. The fraction of sp³-hybridized carbons (Fsp3) is 0.615. The zero-order valence-electron chi connectivity index (χ0n) is 11.1. The Morgan fingerprint density at radius 2 is 2.06 bits per heavy atom. The van der Waals surface area contributed by atoms with E-state index in [0.29, 0.717) is 0 Å². The van der Waals surface area contributed by atoms with Crippen molar-refractivity contribution in [3.8, 4) is 0 Å². The van der Waals surface area contributed by atoms with Crippen molar-refractivity contribution in [1.29, 1.82) is 0 Å². The molecule has 1 rings (SSSR count). The molecule has 0 spiro atoms. The molecule has 0 bridgehead atoms. The number of hydrogen-bond donors (Lipinski definition) is 1. The van der Waals surface area contributed by atoms with Crippen LogP contribution in [0.5, 0.6) is 0 Å². The minimum Gasteiger partial charge on any atom is -0.385 e. The van der Waals surface area contributed by atoms with E-state index >= 15 is 0 Å². The van der Waals surface area contributed by atoms with Crippen molar-refractivity contribution in [2.75, 3.05) is 39.7 Å². The van der Waals surface area contributed by atoms with Crippen LogP contribution in [0.2, 0.25) is 0 Å². The van der Waals surface area contributed by atoms with Crippen molar-refractivity contribution < 1.29 is 9.47 Å². The number of nitrogens with one attached hydrogen (secondary N) is 1. The second-order valence-electron chi connectivity index (χ2n) is 3.87. The van der Waals surface area contributed by atoms with Gasteiger partial charge in [0, 0.05) is 45.9 Å². The summed E-state index contributed by atoms with van der Waals surface area (Å²) in [7, 11) is 3.44. The summed E-state index contributed by atoms with van der Waals surface area (Å²) in [6.45, 7) is 3.25. The number of thioether (sulfide) groups is 1. The molecule has 0 saturated carbocycles. The van der Waals surface area contributed by atoms with Crippen molar-refractivity contribution in [1.82, 2.24) is 10.3 Å². The van der Waals surface area contributed by atoms with Gasteiger partial charge in [-0.1, -0.05) is 6.07 Å². The first-order chi connectivity index (χ1) is 8.86. The quantitative estimate of drug-likeness (QED) is 0.520. The van der Waals surface area contributed by atoms with Crippen LogP contribution in [0.4, 0.5) is 0 Å². The molecule has 0 aliphatic rings. The van der Waals surface area contributed by atoms with E-state index in [1.54, 1.807) is 26.0 Å². The van der Waals surface area contributed by atoms with Gasteiger partial charge in [-0.15, -0.1) is 11.8 Å². The number of ether oxygens (including phenoxy) is 2. The van der Waals surface area contributed by atoms with Gasteiger partial charge in [-0.3, -0.25) is 0 Å². The van der Waals surface area contributed by atoms with Crippen LogP contribution in [-0.4, -0.2) is 44.7 Å². The summed E-state index contributed by atoms with van der Waals surface area (Å²) in [5, 5.41) is 4.37. The third kappa shape index (κ3) is 6.96. The van der Waals surface area contributed by atoms with Crippen LogP contribution in [0, 0.1) is 0 Å². The monoisotopic (exact) mass is 270 g/mol. The number of aromatic nitrogens is 1. The van der Waals surface area contributed by atoms with E-state index in [9.17, 15) is 0 Å². The smallest absolute Gasteiger partial charge is 0.0960 e. The maximum absolute atomic E-state index is 5.01. The van der Waals surface area contributed by atoms with Crippen LogP contribution in [0.1, 0.15) is 12.0 Å². The summed E-state index contributed by atoms with van der Waals surface area (Å²) < 4.78 is 9.98. The molecular weight excluding hydrogens is 248 g/mol. The summed E-state index contributed by atoms with van der Waals surface area (Å²) in [6.07, 6.45) is 2.99. The van der Waals surface area contributed by atoms with Gasteiger partial charge >= 0.3 is 0 Å². The maximum Gasteiger partial charge on any atom is 0.0960 e. The van der Waals surface area contributed by atoms with Crippen molar-refractivity contribution in [2.24, 2.45) is 0 Å². The summed E-state index contributed by atoms with van der Waals surface area (Å²) in [5.41, 5.74) is 1.20. The summed E-state index contributed by atoms with van der Waals surface area (Å²) >= 11 is 1.77. The van der Waals surface area contributed by atoms with Crippen molar-refractivity contribution >= 4 is 11.8 Å². The summed E-state index contributed by atoms with van der Waals surface area (Å²) in [5.74, 6) is 1.05. The molecule has 0 unspecified atom stereocenters. The largest absolute Gasteiger partial charge is 0.385 e. The van der Waals surface area contributed by atoms with E-state index in [2.05, 4.69) is 22.4 Å². The van der Waals surface area contributed by atoms with Crippen molar-refractivity contribution in [3.05, 3.63) is 23.9 Å². The van der Waals surface area contributed by atoms with E-state index in [1.165, 1.54) is 5.56 Å². The van der Waals surface area contributed by atoms with Crippen LogP contribution in [-0.2, 0) is 16.0 Å². The second-order valence-corrected chi connectivity index (χ2v) is 4.98. The molecular formula is C13H22N2O2S. The van der Waals surface area contributed by atoms with Crippen LogP contribution in [0.3, 0.4) is 0 Å². The van der Waals surface area contributed by atoms with Gasteiger partial charge in [0.2, 0.25) is 0 Å². The van der Waals surface area contributed by atoms with Gasteiger partial charge in [-0.25, -0.2) is 4.98 Å². The lowest BCUT2D eigenvalue weighted by atomic mass is 10.3. The molecule has 0 aliphatic carbocycles. The summed E-state index contributed by atoms with van der Waals surface area (Å²) in [6, 6.07) is 4.19. The molecule has 1 N–H and O–H groups in total. The van der Waals surface area contributed by atoms with E-state index < -0.39 is 0 Å². The van der Waals surface area contributed by atoms with E-state index in [0.717, 1.165) is 43.5 Å². The Bertz CT molecular complexity index is 275. The summed E-state index contributed by atoms with van der Waals surface area (Å²) in [4.78, 5) is 4.43. The molecule has 0 aromatic carbocycles. The van der Waals surface area contributed by atoms with Gasteiger partial charge in [-0.2, -0.15) is 0 Å². The Morgan fingerprint density at radius 1 is 1.22 bits per heavy atom. The second kappa shape index (κ2) is 10.3. The number of nitrogens with zero attached hydrogens (tertiary/aromatic N) is 1. The minimum atomic E-state index is 0.737. The van der Waals surface area contributed by atoms with Gasteiger partial charge in [0.1, 0.15) is 0 Å². The highest BCUT2D eigenvalue weighted by Crippen LogP contribution is 2.16. The number of hydrogen-bond acceptors (Lipinski definition) is 5. The normalized spacial score (nSPS) is 10.8. The van der Waals surface area contributed by atoms with E-state index in [-0.39, 0.29) is 0 Å². The molecule has 0 amide bonds. The molecule has 1 aromatic heterocycles. The molecule has 0 radical (unpaired) electrons. The highest BCUT2D eigenvalue weighted by molar-refractivity contribution is 7.99. The lowest BCUT2D eigenvalue weighted by Crippen LogP contribution is -2.18. The third-order valence-electron chi connectivity index (χ3n) is 2.35. The first-order valence-corrected chi connectivity index (χ1v) is 7.11. The first kappa shape index (κ1) is 15.4. The number of methoxy groups -OCH3 is 2. The van der Waals surface area contributed by atoms with Crippen molar-refractivity contribution in [2.45, 2.75) is 18.0 Å². The fourth-order valence-electron chi connectivity index (χ4n) is 1.39. The molecule has 5 heteroatoms. The first-order valence-electron chi connectivity index (χ1n) is 6.13. The number of pyridine rings is 1. The van der Waals surface area contributed by atoms with Gasteiger partial charge in [0.25, 0.3) is 0 Å². The Morgan fingerprint density at radius 3 is 2.72 bits per heavy atom. The molecule has 1 heterocycles. The average molecular weight is 270 g/mol. The Kier molecular flexibility index (Phi) is 8.85. The topological polar surface area (TPSA) is 43.4 Å². The van der Waals surface area contributed by atoms with Gasteiger partial charge in [0.15, 0.2) is 0 Å². The predicted octanol–water partition coefficient (Wildman–Crippen LogP) is 1.95. The molecule has 0 saturated heterocycles. The average Bonchev–Trinajstić information content (AvgIpc) is 2.41. The zero-order valence-corrected chi connectivity index (χ0v) is 12.0. The molecule has 1 aromatic rings. The standard InChI is InChI=1S/C13H22N2O2S/c1-16-7-3-9-18-13-5-4-12(11-15-13)10-14-6-8-17-2/h4-5,11,14H,3,6-10H2,1-2H3. The molecule has 102 valence electrons. The van der Waals surface area contributed by atoms with Crippen LogP contribution >= 0.6 is 11.8 Å². The van der Waals surface area contributed by atoms with Crippen molar-refractivity contribution in [3.63, 3.8) is 0 Å². The lowest BCUT2D eigenvalue weighted by Gasteiger charge is -2.05. The highest BCUT2D eigenvalue weighted by Gasteiger charge is 1.97. The predicted molar refractivity (Wildman–Crippen MR) is 75.0 cm³/mol. The van der Waals surface area contributed by atoms with Crippen LogP contribution in [0.15, 0.2) is 23.4 Å². The van der Waals surface area contributed by atoms with Gasteiger partial charge < -0.3 is 14.8 Å². The van der Waals surface area contributed by atoms with Gasteiger partial charge in [0.05, 0.1) is 11.6 Å². The van der Waals surface area contributed by atoms with Gasteiger partial charge in [-0.05, 0) is 18.1 Å². The van der Waals surface area contributed by atoms with E-state index in [4.69, 9.17) is 9.47 Å².